The largest absolute Gasteiger partial charge is 0.309 e. The summed E-state index contributed by atoms with van der Waals surface area (Å²) >= 11 is 0. The Kier molecular flexibility index (Phi) is 5.54. The van der Waals surface area contributed by atoms with Gasteiger partial charge in [0, 0.05) is 32.8 Å². The molecule has 0 spiro atoms. The number of aromatic nitrogens is 2. The Morgan fingerprint density at radius 1 is 0.295 bits per heavy atom. The lowest BCUT2D eigenvalue weighted by atomic mass is 9.93. The Labute approximate surface area is 255 Å². The molecule has 0 aliphatic rings. The SMILES string of the molecule is c1cc(-c2ccccc2-c2ccccc2-n2c3ccccc3c3ccccc32)cc(-n2c3ccccc3c3ccccc32)c1. The van der Waals surface area contributed by atoms with Crippen molar-refractivity contribution in [3.63, 3.8) is 0 Å². The van der Waals surface area contributed by atoms with Crippen molar-refractivity contribution in [2.75, 3.05) is 0 Å². The Bertz CT molecular complexity index is 2400. The van der Waals surface area contributed by atoms with Crippen molar-refractivity contribution in [3.05, 3.63) is 170 Å². The van der Waals surface area contributed by atoms with Gasteiger partial charge in [-0.2, -0.15) is 0 Å². The van der Waals surface area contributed by atoms with E-state index in [9.17, 15) is 0 Å². The molecule has 0 atom stereocenters. The first-order valence-corrected chi connectivity index (χ1v) is 15.1. The van der Waals surface area contributed by atoms with Gasteiger partial charge in [0.05, 0.1) is 27.8 Å². The quantitative estimate of drug-likeness (QED) is 0.203. The molecule has 44 heavy (non-hydrogen) atoms. The molecular formula is C42H28N2. The van der Waals surface area contributed by atoms with Crippen LogP contribution in [0.25, 0.3) is 77.2 Å². The van der Waals surface area contributed by atoms with Gasteiger partial charge in [0.15, 0.2) is 0 Å². The average Bonchev–Trinajstić information content (AvgIpc) is 3.61. The highest BCUT2D eigenvalue weighted by atomic mass is 15.0. The van der Waals surface area contributed by atoms with Crippen LogP contribution in [0.1, 0.15) is 0 Å². The molecule has 9 rings (SSSR count). The maximum absolute atomic E-state index is 2.42. The first-order valence-electron chi connectivity index (χ1n) is 15.1. The maximum atomic E-state index is 2.42. The smallest absolute Gasteiger partial charge is 0.0541 e. The second-order valence-corrected chi connectivity index (χ2v) is 11.4. The van der Waals surface area contributed by atoms with Gasteiger partial charge in [-0.15, -0.1) is 0 Å². The third-order valence-electron chi connectivity index (χ3n) is 8.94. The standard InChI is InChI=1S/C42H28N2/c1-2-17-32(33-18-3-10-25-40(33)44-41-26-11-6-21-36(41)37-22-7-12-27-42(37)44)31(16-1)29-14-13-15-30(28-29)43-38-23-8-4-19-34(38)35-20-5-9-24-39(35)43/h1-28H. The zero-order chi connectivity index (χ0) is 29.0. The zero-order valence-corrected chi connectivity index (χ0v) is 24.1. The van der Waals surface area contributed by atoms with Crippen molar-refractivity contribution in [1.82, 2.24) is 9.13 Å². The van der Waals surface area contributed by atoms with Gasteiger partial charge in [-0.1, -0.05) is 127 Å². The van der Waals surface area contributed by atoms with E-state index >= 15 is 0 Å². The summed E-state index contributed by atoms with van der Waals surface area (Å²) in [5, 5.41) is 5.08. The summed E-state index contributed by atoms with van der Waals surface area (Å²) in [6.45, 7) is 0. The van der Waals surface area contributed by atoms with E-state index in [0.717, 1.165) is 5.69 Å². The zero-order valence-electron chi connectivity index (χ0n) is 24.1. The molecular weight excluding hydrogens is 532 g/mol. The van der Waals surface area contributed by atoms with Crippen molar-refractivity contribution >= 4 is 43.6 Å². The molecule has 0 aliphatic carbocycles. The van der Waals surface area contributed by atoms with Crippen LogP contribution in [0.3, 0.4) is 0 Å². The van der Waals surface area contributed by atoms with Crippen LogP contribution < -0.4 is 0 Å². The molecule has 0 amide bonds. The lowest BCUT2D eigenvalue weighted by Crippen LogP contribution is -1.98. The number of hydrogen-bond donors (Lipinski definition) is 0. The Balaban J connectivity index is 1.26. The minimum atomic E-state index is 1.16. The third-order valence-corrected chi connectivity index (χ3v) is 8.94. The van der Waals surface area contributed by atoms with Crippen LogP contribution in [-0.4, -0.2) is 9.13 Å². The number of rotatable bonds is 4. The second kappa shape index (κ2) is 9.86. The predicted molar refractivity (Wildman–Crippen MR) is 186 cm³/mol. The Morgan fingerprint density at radius 3 is 1.30 bits per heavy atom. The number of fused-ring (bicyclic) bond motifs is 6. The van der Waals surface area contributed by atoms with Crippen molar-refractivity contribution in [2.45, 2.75) is 0 Å². The van der Waals surface area contributed by atoms with Gasteiger partial charge in [0.25, 0.3) is 0 Å². The van der Waals surface area contributed by atoms with Gasteiger partial charge >= 0.3 is 0 Å². The molecule has 0 unspecified atom stereocenters. The maximum Gasteiger partial charge on any atom is 0.0541 e. The lowest BCUT2D eigenvalue weighted by molar-refractivity contribution is 1.18. The van der Waals surface area contributed by atoms with E-state index < -0.39 is 0 Å². The molecule has 0 saturated carbocycles. The highest BCUT2D eigenvalue weighted by molar-refractivity contribution is 6.10. The molecule has 2 heterocycles. The first-order chi connectivity index (χ1) is 21.9. The fourth-order valence-electron chi connectivity index (χ4n) is 7.06. The second-order valence-electron chi connectivity index (χ2n) is 11.4. The van der Waals surface area contributed by atoms with Crippen molar-refractivity contribution in [2.24, 2.45) is 0 Å². The summed E-state index contributed by atoms with van der Waals surface area (Å²) in [4.78, 5) is 0. The molecule has 0 aliphatic heterocycles. The van der Waals surface area contributed by atoms with E-state index in [1.54, 1.807) is 0 Å². The molecule has 0 fully saturated rings. The van der Waals surface area contributed by atoms with Crippen molar-refractivity contribution < 1.29 is 0 Å². The lowest BCUT2D eigenvalue weighted by Gasteiger charge is -2.17. The summed E-state index contributed by atoms with van der Waals surface area (Å²) < 4.78 is 4.81. The third kappa shape index (κ3) is 3.68. The fourth-order valence-corrected chi connectivity index (χ4v) is 7.06. The molecule has 2 heteroatoms. The minimum absolute atomic E-state index is 1.16. The Hall–Kier alpha value is -5.86. The monoisotopic (exact) mass is 560 g/mol. The van der Waals surface area contributed by atoms with Gasteiger partial charge in [0.1, 0.15) is 0 Å². The topological polar surface area (TPSA) is 9.86 Å². The summed E-state index contributed by atoms with van der Waals surface area (Å²) in [6, 6.07) is 61.4. The normalized spacial score (nSPS) is 11.6. The summed E-state index contributed by atoms with van der Waals surface area (Å²) in [6.07, 6.45) is 0. The number of para-hydroxylation sites is 5. The van der Waals surface area contributed by atoms with Crippen LogP contribution in [0, 0.1) is 0 Å². The van der Waals surface area contributed by atoms with E-state index in [4.69, 9.17) is 0 Å². The number of benzene rings is 7. The summed E-state index contributed by atoms with van der Waals surface area (Å²) in [7, 11) is 0. The van der Waals surface area contributed by atoms with E-state index in [-0.39, 0.29) is 0 Å². The molecule has 2 nitrogen and oxygen atoms in total. The average molecular weight is 561 g/mol. The van der Waals surface area contributed by atoms with E-state index in [2.05, 4.69) is 179 Å². The van der Waals surface area contributed by atoms with E-state index in [1.165, 1.54) is 71.6 Å². The summed E-state index contributed by atoms with van der Waals surface area (Å²) in [5.41, 5.74) is 12.0. The van der Waals surface area contributed by atoms with Crippen LogP contribution in [0.2, 0.25) is 0 Å². The number of hydrogen-bond acceptors (Lipinski definition) is 0. The molecule has 206 valence electrons. The van der Waals surface area contributed by atoms with Gasteiger partial charge in [0.2, 0.25) is 0 Å². The van der Waals surface area contributed by atoms with Crippen LogP contribution in [0.5, 0.6) is 0 Å². The van der Waals surface area contributed by atoms with Crippen LogP contribution >= 0.6 is 0 Å². The number of nitrogens with zero attached hydrogens (tertiary/aromatic N) is 2. The molecule has 0 radical (unpaired) electrons. The molecule has 2 aromatic heterocycles. The van der Waals surface area contributed by atoms with Crippen LogP contribution in [0.4, 0.5) is 0 Å². The minimum Gasteiger partial charge on any atom is -0.309 e. The highest BCUT2D eigenvalue weighted by Gasteiger charge is 2.18. The molecule has 7 aromatic carbocycles. The van der Waals surface area contributed by atoms with Gasteiger partial charge in [-0.25, -0.2) is 0 Å². The predicted octanol–water partition coefficient (Wildman–Crippen LogP) is 11.2. The molecule has 0 saturated heterocycles. The highest BCUT2D eigenvalue weighted by Crippen LogP contribution is 2.40. The van der Waals surface area contributed by atoms with Crippen LogP contribution in [0.15, 0.2) is 170 Å². The van der Waals surface area contributed by atoms with Crippen molar-refractivity contribution in [1.29, 1.82) is 0 Å². The molecule has 0 N–H and O–H groups in total. The van der Waals surface area contributed by atoms with Gasteiger partial charge in [-0.05, 0) is 59.2 Å². The fraction of sp³-hybridized carbons (Fsp3) is 0. The van der Waals surface area contributed by atoms with E-state index in [1.807, 2.05) is 0 Å². The Morgan fingerprint density at radius 2 is 0.727 bits per heavy atom. The first kappa shape index (κ1) is 24.7. The van der Waals surface area contributed by atoms with E-state index in [0.29, 0.717) is 0 Å². The summed E-state index contributed by atoms with van der Waals surface area (Å²) in [5.74, 6) is 0. The molecule has 9 aromatic rings. The van der Waals surface area contributed by atoms with Gasteiger partial charge in [-0.3, -0.25) is 0 Å². The van der Waals surface area contributed by atoms with Crippen LogP contribution in [-0.2, 0) is 0 Å². The van der Waals surface area contributed by atoms with Crippen molar-refractivity contribution in [3.8, 4) is 33.6 Å². The van der Waals surface area contributed by atoms with Gasteiger partial charge < -0.3 is 9.13 Å². The molecule has 0 bridgehead atoms.